The average Bonchev–Trinajstić information content (AvgIpc) is 3.03. The Hall–Kier alpha value is -1.30. The van der Waals surface area contributed by atoms with Crippen molar-refractivity contribution in [3.05, 3.63) is 5.56 Å². The largest absolute Gasteiger partial charge is 0.383 e. The van der Waals surface area contributed by atoms with Gasteiger partial charge in [0.15, 0.2) is 0 Å². The van der Waals surface area contributed by atoms with E-state index in [-0.39, 0.29) is 11.9 Å². The lowest BCUT2D eigenvalue weighted by Gasteiger charge is -2.18. The van der Waals surface area contributed by atoms with E-state index in [1.807, 2.05) is 6.92 Å². The third-order valence-electron chi connectivity index (χ3n) is 2.90. The van der Waals surface area contributed by atoms with E-state index in [9.17, 15) is 4.79 Å². The van der Waals surface area contributed by atoms with Gasteiger partial charge >= 0.3 is 0 Å². The van der Waals surface area contributed by atoms with E-state index in [1.54, 1.807) is 19.0 Å². The Balaban J connectivity index is 2.10. The van der Waals surface area contributed by atoms with Crippen LogP contribution in [0, 0.1) is 0 Å². The summed E-state index contributed by atoms with van der Waals surface area (Å²) in [4.78, 5) is 13.3. The first-order valence-corrected chi connectivity index (χ1v) is 6.50. The Morgan fingerprint density at radius 3 is 2.76 bits per heavy atom. The van der Waals surface area contributed by atoms with Crippen molar-refractivity contribution < 1.29 is 4.79 Å². The van der Waals surface area contributed by atoms with Crippen LogP contribution in [0.25, 0.3) is 0 Å². The van der Waals surface area contributed by atoms with E-state index in [2.05, 4.69) is 9.69 Å². The van der Waals surface area contributed by atoms with E-state index in [1.165, 1.54) is 24.4 Å². The van der Waals surface area contributed by atoms with Gasteiger partial charge in [0.2, 0.25) is 5.91 Å². The number of carbonyl (C=O) groups is 1. The summed E-state index contributed by atoms with van der Waals surface area (Å²) in [7, 11) is 3.51. The number of hydrogen-bond donors (Lipinski definition) is 2. The Morgan fingerprint density at radius 2 is 2.24 bits per heavy atom. The van der Waals surface area contributed by atoms with Crippen LogP contribution in [-0.2, 0) is 4.79 Å². The maximum absolute atomic E-state index is 11.8. The molecule has 6 heteroatoms. The van der Waals surface area contributed by atoms with E-state index in [4.69, 9.17) is 5.73 Å². The highest BCUT2D eigenvalue weighted by atomic mass is 32.1. The summed E-state index contributed by atoms with van der Waals surface area (Å²) in [5, 5.41) is 4.17. The van der Waals surface area contributed by atoms with Gasteiger partial charge in [0.25, 0.3) is 0 Å². The van der Waals surface area contributed by atoms with Crippen molar-refractivity contribution in [2.24, 2.45) is 0 Å². The molecule has 5 nitrogen and oxygen atoms in total. The summed E-state index contributed by atoms with van der Waals surface area (Å²) in [6.45, 7) is 1.86. The zero-order chi connectivity index (χ0) is 12.6. The second kappa shape index (κ2) is 4.52. The smallest absolute Gasteiger partial charge is 0.244 e. The number of likely N-dealkylation sites (N-methyl/N-ethyl adjacent to an activating group) is 1. The molecule has 1 fully saturated rings. The molecule has 1 aliphatic carbocycles. The fourth-order valence-electron chi connectivity index (χ4n) is 1.83. The molecule has 0 aliphatic heterocycles. The monoisotopic (exact) mass is 254 g/mol. The average molecular weight is 254 g/mol. The van der Waals surface area contributed by atoms with Gasteiger partial charge in [-0.3, -0.25) is 4.79 Å². The minimum Gasteiger partial charge on any atom is -0.383 e. The Morgan fingerprint density at radius 1 is 1.59 bits per heavy atom. The lowest BCUT2D eigenvalue weighted by atomic mass is 10.2. The summed E-state index contributed by atoms with van der Waals surface area (Å²) in [5.74, 6) is 1.21. The van der Waals surface area contributed by atoms with Crippen LogP contribution in [0.5, 0.6) is 0 Å². The van der Waals surface area contributed by atoms with Crippen LogP contribution in [0.3, 0.4) is 0 Å². The lowest BCUT2D eigenvalue weighted by Crippen LogP contribution is -2.36. The molecule has 0 aromatic carbocycles. The van der Waals surface area contributed by atoms with E-state index in [0.717, 1.165) is 10.6 Å². The molecule has 0 radical (unpaired) electrons. The highest BCUT2D eigenvalue weighted by Gasteiger charge is 2.31. The molecule has 1 unspecified atom stereocenters. The highest BCUT2D eigenvalue weighted by molar-refractivity contribution is 7.10. The van der Waals surface area contributed by atoms with Crippen molar-refractivity contribution >= 4 is 28.3 Å². The van der Waals surface area contributed by atoms with Crippen molar-refractivity contribution in [1.29, 1.82) is 0 Å². The molecule has 94 valence electrons. The van der Waals surface area contributed by atoms with Crippen LogP contribution in [0.2, 0.25) is 0 Å². The minimum absolute atomic E-state index is 0.0544. The number of nitrogens with zero attached hydrogens (tertiary/aromatic N) is 2. The molecule has 1 aromatic heterocycles. The van der Waals surface area contributed by atoms with Gasteiger partial charge in [0, 0.05) is 19.7 Å². The van der Waals surface area contributed by atoms with Gasteiger partial charge in [-0.05, 0) is 37.2 Å². The minimum atomic E-state index is -0.248. The van der Waals surface area contributed by atoms with Crippen molar-refractivity contribution in [3.63, 3.8) is 0 Å². The van der Waals surface area contributed by atoms with Gasteiger partial charge in [0.05, 0.1) is 0 Å². The first-order valence-electron chi connectivity index (χ1n) is 5.73. The van der Waals surface area contributed by atoms with Gasteiger partial charge in [-0.25, -0.2) is 0 Å². The number of anilines is 2. The lowest BCUT2D eigenvalue weighted by molar-refractivity contribution is -0.129. The molecular formula is C11H18N4OS. The molecule has 1 heterocycles. The second-order valence-corrected chi connectivity index (χ2v) is 5.46. The van der Waals surface area contributed by atoms with Crippen LogP contribution in [0.1, 0.15) is 31.2 Å². The third-order valence-corrected chi connectivity index (χ3v) is 3.71. The van der Waals surface area contributed by atoms with Crippen LogP contribution in [0.4, 0.5) is 10.8 Å². The topological polar surface area (TPSA) is 71.2 Å². The second-order valence-electron chi connectivity index (χ2n) is 4.68. The molecule has 1 aliphatic rings. The van der Waals surface area contributed by atoms with E-state index < -0.39 is 0 Å². The molecule has 0 bridgehead atoms. The maximum Gasteiger partial charge on any atom is 0.244 e. The summed E-state index contributed by atoms with van der Waals surface area (Å²) in [6, 6.07) is -0.248. The van der Waals surface area contributed by atoms with Gasteiger partial charge in [-0.15, -0.1) is 0 Å². The highest BCUT2D eigenvalue weighted by Crippen LogP contribution is 2.47. The molecule has 1 aromatic rings. The SMILES string of the molecule is CC(Nc1snc(N)c1C1CC1)C(=O)N(C)C. The van der Waals surface area contributed by atoms with Crippen molar-refractivity contribution in [3.8, 4) is 0 Å². The Labute approximate surface area is 105 Å². The number of aromatic nitrogens is 1. The van der Waals surface area contributed by atoms with Gasteiger partial charge in [-0.2, -0.15) is 4.37 Å². The van der Waals surface area contributed by atoms with Gasteiger partial charge in [-0.1, -0.05) is 0 Å². The predicted octanol–water partition coefficient (Wildman–Crippen LogP) is 1.49. The number of nitrogens with one attached hydrogen (secondary N) is 1. The van der Waals surface area contributed by atoms with Crippen molar-refractivity contribution in [1.82, 2.24) is 9.27 Å². The van der Waals surface area contributed by atoms with Gasteiger partial charge < -0.3 is 16.0 Å². The third kappa shape index (κ3) is 2.52. The molecule has 1 saturated carbocycles. The fraction of sp³-hybridized carbons (Fsp3) is 0.636. The van der Waals surface area contributed by atoms with Crippen LogP contribution in [0.15, 0.2) is 0 Å². The first kappa shape index (κ1) is 12.2. The molecule has 3 N–H and O–H groups in total. The molecular weight excluding hydrogens is 236 g/mol. The van der Waals surface area contributed by atoms with E-state index >= 15 is 0 Å². The number of nitrogens with two attached hydrogens (primary N) is 1. The maximum atomic E-state index is 11.8. The Bertz CT molecular complexity index is 425. The number of amides is 1. The number of carbonyl (C=O) groups excluding carboxylic acids is 1. The quantitative estimate of drug-likeness (QED) is 0.854. The summed E-state index contributed by atoms with van der Waals surface area (Å²) in [6.07, 6.45) is 2.35. The van der Waals surface area contributed by atoms with Crippen molar-refractivity contribution in [2.45, 2.75) is 31.7 Å². The van der Waals surface area contributed by atoms with Crippen LogP contribution in [-0.4, -0.2) is 35.3 Å². The number of hydrogen-bond acceptors (Lipinski definition) is 5. The fourth-order valence-corrected chi connectivity index (χ4v) is 2.71. The summed E-state index contributed by atoms with van der Waals surface area (Å²) >= 11 is 1.35. The van der Waals surface area contributed by atoms with Crippen LogP contribution >= 0.6 is 11.5 Å². The van der Waals surface area contributed by atoms with Gasteiger partial charge in [0.1, 0.15) is 16.9 Å². The number of rotatable bonds is 4. The number of nitrogen functional groups attached to an aromatic ring is 1. The molecule has 1 atom stereocenters. The molecule has 0 saturated heterocycles. The normalized spacial score (nSPS) is 16.6. The predicted molar refractivity (Wildman–Crippen MR) is 70.3 cm³/mol. The summed E-state index contributed by atoms with van der Waals surface area (Å²) < 4.78 is 4.17. The first-order chi connectivity index (χ1) is 8.00. The van der Waals surface area contributed by atoms with Crippen LogP contribution < -0.4 is 11.1 Å². The molecule has 1 amide bonds. The summed E-state index contributed by atoms with van der Waals surface area (Å²) in [5.41, 5.74) is 6.96. The standard InChI is InChI=1S/C11H18N4OS/c1-6(11(16)15(2)3)13-10-8(7-4-5-7)9(12)14-17-10/h6-7,13H,4-5H2,1-3H3,(H2,12,14). The molecule has 2 rings (SSSR count). The molecule has 0 spiro atoms. The molecule has 17 heavy (non-hydrogen) atoms. The zero-order valence-corrected chi connectivity index (χ0v) is 11.2. The van der Waals surface area contributed by atoms with Crippen molar-refractivity contribution in [2.75, 3.05) is 25.1 Å². The Kier molecular flexibility index (Phi) is 3.24. The zero-order valence-electron chi connectivity index (χ0n) is 10.4. The van der Waals surface area contributed by atoms with E-state index in [0.29, 0.717) is 11.7 Å².